The third-order valence-electron chi connectivity index (χ3n) is 3.56. The van der Waals surface area contributed by atoms with Crippen LogP contribution in [0.15, 0.2) is 42.5 Å². The summed E-state index contributed by atoms with van der Waals surface area (Å²) in [6, 6.07) is 12.6. The van der Waals surface area contributed by atoms with Crippen molar-refractivity contribution in [3.05, 3.63) is 42.5 Å². The second-order valence-electron chi connectivity index (χ2n) is 5.38. The summed E-state index contributed by atoms with van der Waals surface area (Å²) < 4.78 is 26.9. The minimum Gasteiger partial charge on any atom is -0.494 e. The van der Waals surface area contributed by atoms with Crippen LogP contribution >= 0.6 is 0 Å². The largest absolute Gasteiger partial charge is 0.494 e. The molecule has 0 aliphatic carbocycles. The maximum atomic E-state index is 12.0. The van der Waals surface area contributed by atoms with Gasteiger partial charge in [0.25, 0.3) is 5.91 Å². The molecule has 0 spiro atoms. The molecule has 2 aromatic carbocycles. The molecule has 1 N–H and O–H groups in total. The van der Waals surface area contributed by atoms with Crippen molar-refractivity contribution in [3.8, 4) is 28.7 Å². The highest BCUT2D eigenvalue weighted by atomic mass is 16.5. The number of amides is 1. The van der Waals surface area contributed by atoms with Crippen LogP contribution in [0.2, 0.25) is 0 Å². The monoisotopic (exact) mass is 375 g/mol. The van der Waals surface area contributed by atoms with Crippen molar-refractivity contribution in [2.45, 2.75) is 6.92 Å². The first-order chi connectivity index (χ1) is 13.2. The van der Waals surface area contributed by atoms with Crippen LogP contribution in [0.3, 0.4) is 0 Å². The zero-order valence-corrected chi connectivity index (χ0v) is 15.8. The minimum absolute atomic E-state index is 0.153. The Balaban J connectivity index is 1.72. The van der Waals surface area contributed by atoms with Crippen molar-refractivity contribution in [3.63, 3.8) is 0 Å². The maximum absolute atomic E-state index is 12.0. The molecule has 2 rings (SSSR count). The molecule has 0 saturated carbocycles. The number of ether oxygens (including phenoxy) is 5. The second kappa shape index (κ2) is 10.8. The topological polar surface area (TPSA) is 75.3 Å². The lowest BCUT2D eigenvalue weighted by atomic mass is 10.3. The third-order valence-corrected chi connectivity index (χ3v) is 3.56. The molecule has 0 fully saturated rings. The van der Waals surface area contributed by atoms with Crippen LogP contribution in [0.5, 0.6) is 28.7 Å². The third kappa shape index (κ3) is 6.29. The van der Waals surface area contributed by atoms with Gasteiger partial charge in [-0.1, -0.05) is 6.07 Å². The van der Waals surface area contributed by atoms with E-state index in [1.807, 2.05) is 31.2 Å². The molecule has 7 heteroatoms. The first-order valence-electron chi connectivity index (χ1n) is 8.64. The van der Waals surface area contributed by atoms with E-state index in [4.69, 9.17) is 23.7 Å². The van der Waals surface area contributed by atoms with Crippen molar-refractivity contribution in [1.82, 2.24) is 5.32 Å². The van der Waals surface area contributed by atoms with Crippen LogP contribution in [0, 0.1) is 0 Å². The molecule has 146 valence electrons. The molecule has 0 aliphatic rings. The molecule has 0 aliphatic heterocycles. The molecule has 0 bridgehead atoms. The quantitative estimate of drug-likeness (QED) is 0.609. The van der Waals surface area contributed by atoms with Gasteiger partial charge in [-0.05, 0) is 43.3 Å². The van der Waals surface area contributed by atoms with E-state index in [2.05, 4.69) is 5.32 Å². The molecule has 0 aromatic heterocycles. The van der Waals surface area contributed by atoms with E-state index < -0.39 is 0 Å². The summed E-state index contributed by atoms with van der Waals surface area (Å²) in [5.74, 6) is 2.63. The van der Waals surface area contributed by atoms with Gasteiger partial charge in [0.2, 0.25) is 5.75 Å². The van der Waals surface area contributed by atoms with Crippen molar-refractivity contribution in [2.24, 2.45) is 0 Å². The Morgan fingerprint density at radius 1 is 0.889 bits per heavy atom. The van der Waals surface area contributed by atoms with Gasteiger partial charge in [-0.15, -0.1) is 0 Å². The number of nitrogens with one attached hydrogen (secondary N) is 1. The van der Waals surface area contributed by atoms with Gasteiger partial charge in [-0.3, -0.25) is 4.79 Å². The molecule has 0 heterocycles. The van der Waals surface area contributed by atoms with Gasteiger partial charge in [-0.2, -0.15) is 0 Å². The fraction of sp³-hybridized carbons (Fsp3) is 0.350. The van der Waals surface area contributed by atoms with Gasteiger partial charge in [0, 0.05) is 0 Å². The number of methoxy groups -OCH3 is 2. The van der Waals surface area contributed by atoms with Crippen LogP contribution < -0.4 is 29.0 Å². The van der Waals surface area contributed by atoms with Crippen LogP contribution in [-0.2, 0) is 4.79 Å². The van der Waals surface area contributed by atoms with Crippen LogP contribution in [-0.4, -0.2) is 46.5 Å². The number of para-hydroxylation sites is 1. The van der Waals surface area contributed by atoms with Crippen LogP contribution in [0.25, 0.3) is 0 Å². The number of hydrogen-bond donors (Lipinski definition) is 1. The van der Waals surface area contributed by atoms with E-state index in [0.717, 1.165) is 5.75 Å². The normalized spacial score (nSPS) is 10.0. The Morgan fingerprint density at radius 2 is 1.48 bits per heavy atom. The summed E-state index contributed by atoms with van der Waals surface area (Å²) >= 11 is 0. The number of carbonyl (C=O) groups is 1. The molecule has 0 saturated heterocycles. The summed E-state index contributed by atoms with van der Waals surface area (Å²) in [6.45, 7) is 3.10. The average Bonchev–Trinajstić information content (AvgIpc) is 2.70. The predicted molar refractivity (Wildman–Crippen MR) is 101 cm³/mol. The molecule has 7 nitrogen and oxygen atoms in total. The fourth-order valence-electron chi connectivity index (χ4n) is 2.31. The number of rotatable bonds is 11. The Bertz CT molecular complexity index is 695. The summed E-state index contributed by atoms with van der Waals surface area (Å²) in [5.41, 5.74) is 0. The van der Waals surface area contributed by atoms with Gasteiger partial charge in [0.15, 0.2) is 18.1 Å². The average molecular weight is 375 g/mol. The van der Waals surface area contributed by atoms with E-state index in [9.17, 15) is 4.79 Å². The number of benzene rings is 2. The Kier molecular flexibility index (Phi) is 8.09. The highest BCUT2D eigenvalue weighted by Crippen LogP contribution is 2.36. The zero-order valence-electron chi connectivity index (χ0n) is 15.8. The molecule has 2 aromatic rings. The Morgan fingerprint density at radius 3 is 2.04 bits per heavy atom. The summed E-state index contributed by atoms with van der Waals surface area (Å²) in [7, 11) is 3.06. The molecule has 0 unspecified atom stereocenters. The van der Waals surface area contributed by atoms with E-state index in [1.54, 1.807) is 18.2 Å². The lowest BCUT2D eigenvalue weighted by Gasteiger charge is -2.14. The number of carbonyl (C=O) groups excluding carboxylic acids is 1. The highest BCUT2D eigenvalue weighted by Gasteiger charge is 2.13. The maximum Gasteiger partial charge on any atom is 0.258 e. The lowest BCUT2D eigenvalue weighted by Crippen LogP contribution is -2.32. The predicted octanol–water partition coefficient (Wildman–Crippen LogP) is 2.68. The fourth-order valence-corrected chi connectivity index (χ4v) is 2.31. The van der Waals surface area contributed by atoms with Gasteiger partial charge in [-0.25, -0.2) is 0 Å². The van der Waals surface area contributed by atoms with Gasteiger partial charge in [0.1, 0.15) is 18.1 Å². The van der Waals surface area contributed by atoms with Crippen molar-refractivity contribution < 1.29 is 28.5 Å². The molecular formula is C20H25NO6. The van der Waals surface area contributed by atoms with Crippen molar-refractivity contribution >= 4 is 5.91 Å². The molecular weight excluding hydrogens is 350 g/mol. The summed E-state index contributed by atoms with van der Waals surface area (Å²) in [5, 5.41) is 2.73. The summed E-state index contributed by atoms with van der Waals surface area (Å²) in [6.07, 6.45) is 0. The molecule has 27 heavy (non-hydrogen) atoms. The highest BCUT2D eigenvalue weighted by molar-refractivity contribution is 5.77. The van der Waals surface area contributed by atoms with E-state index in [0.29, 0.717) is 42.8 Å². The Hall–Kier alpha value is -3.09. The number of hydrogen-bond acceptors (Lipinski definition) is 6. The first kappa shape index (κ1) is 20.2. The molecule has 0 radical (unpaired) electrons. The minimum atomic E-state index is -0.266. The van der Waals surface area contributed by atoms with Gasteiger partial charge in [0.05, 0.1) is 27.4 Å². The van der Waals surface area contributed by atoms with E-state index >= 15 is 0 Å². The van der Waals surface area contributed by atoms with Crippen LogP contribution in [0.1, 0.15) is 6.92 Å². The Labute approximate surface area is 159 Å². The molecule has 1 amide bonds. The van der Waals surface area contributed by atoms with Crippen LogP contribution in [0.4, 0.5) is 0 Å². The zero-order chi connectivity index (χ0) is 19.5. The smallest absolute Gasteiger partial charge is 0.258 e. The van der Waals surface area contributed by atoms with Gasteiger partial charge < -0.3 is 29.0 Å². The SMILES string of the molecule is CCOc1ccc(OCCNC(=O)COc2c(OC)cccc2OC)cc1. The van der Waals surface area contributed by atoms with Crippen molar-refractivity contribution in [2.75, 3.05) is 40.6 Å². The van der Waals surface area contributed by atoms with Crippen molar-refractivity contribution in [1.29, 1.82) is 0 Å². The summed E-state index contributed by atoms with van der Waals surface area (Å²) in [4.78, 5) is 12.0. The van der Waals surface area contributed by atoms with E-state index in [-0.39, 0.29) is 12.5 Å². The second-order valence-corrected chi connectivity index (χ2v) is 5.38. The first-order valence-corrected chi connectivity index (χ1v) is 8.64. The lowest BCUT2D eigenvalue weighted by molar-refractivity contribution is -0.123. The van der Waals surface area contributed by atoms with Gasteiger partial charge >= 0.3 is 0 Å². The molecule has 0 atom stereocenters. The van der Waals surface area contributed by atoms with E-state index in [1.165, 1.54) is 14.2 Å². The standard InChI is InChI=1S/C20H25NO6/c1-4-25-15-8-10-16(11-9-15)26-13-12-21-19(22)14-27-20-17(23-2)6-5-7-18(20)24-3/h5-11H,4,12-14H2,1-3H3,(H,21,22).